The van der Waals surface area contributed by atoms with Crippen molar-refractivity contribution in [2.45, 2.75) is 32.4 Å². The number of pyridine rings is 1. The van der Waals surface area contributed by atoms with Crippen LogP contribution in [0.25, 0.3) is 0 Å². The summed E-state index contributed by atoms with van der Waals surface area (Å²) in [5, 5.41) is 3.14. The van der Waals surface area contributed by atoms with Crippen LogP contribution in [0.1, 0.15) is 30.7 Å². The Morgan fingerprint density at radius 2 is 1.94 bits per heavy atom. The Balaban J connectivity index is 1.94. The van der Waals surface area contributed by atoms with Crippen molar-refractivity contribution in [1.29, 1.82) is 0 Å². The van der Waals surface area contributed by atoms with Crippen LogP contribution in [0, 0.1) is 0 Å². The maximum absolute atomic E-state index is 4.65. The van der Waals surface area contributed by atoms with E-state index in [1.54, 1.807) is 0 Å². The molecule has 0 aromatic carbocycles. The lowest BCUT2D eigenvalue weighted by Crippen LogP contribution is -2.29. The summed E-state index contributed by atoms with van der Waals surface area (Å²) in [7, 11) is 1.96. The molecule has 1 fully saturated rings. The van der Waals surface area contributed by atoms with Gasteiger partial charge in [-0.15, -0.1) is 0 Å². The monoisotopic (exact) mass is 219 g/mol. The minimum Gasteiger partial charge on any atom is -0.314 e. The van der Waals surface area contributed by atoms with Gasteiger partial charge in [0.25, 0.3) is 0 Å². The number of aromatic nitrogens is 1. The third-order valence-electron chi connectivity index (χ3n) is 3.06. The van der Waals surface area contributed by atoms with E-state index >= 15 is 0 Å². The zero-order chi connectivity index (χ0) is 11.2. The summed E-state index contributed by atoms with van der Waals surface area (Å²) in [6.45, 7) is 4.33. The minimum atomic E-state index is 0.855. The second kappa shape index (κ2) is 5.97. The molecule has 1 aliphatic rings. The molecule has 2 rings (SSSR count). The second-order valence-electron chi connectivity index (χ2n) is 4.49. The van der Waals surface area contributed by atoms with Gasteiger partial charge in [0.1, 0.15) is 0 Å². The van der Waals surface area contributed by atoms with Gasteiger partial charge in [-0.05, 0) is 45.1 Å². The van der Waals surface area contributed by atoms with Gasteiger partial charge in [-0.2, -0.15) is 0 Å². The Hall–Kier alpha value is -0.930. The molecule has 16 heavy (non-hydrogen) atoms. The van der Waals surface area contributed by atoms with E-state index in [4.69, 9.17) is 0 Å². The molecule has 0 amide bonds. The van der Waals surface area contributed by atoms with E-state index < -0.39 is 0 Å². The number of hydrogen-bond acceptors (Lipinski definition) is 3. The zero-order valence-corrected chi connectivity index (χ0v) is 10.1. The lowest BCUT2D eigenvalue weighted by Gasteiger charge is -2.26. The van der Waals surface area contributed by atoms with Crippen molar-refractivity contribution in [3.63, 3.8) is 0 Å². The fourth-order valence-corrected chi connectivity index (χ4v) is 2.24. The number of hydrogen-bond donors (Lipinski definition) is 1. The minimum absolute atomic E-state index is 0.855. The molecule has 88 valence electrons. The third-order valence-corrected chi connectivity index (χ3v) is 3.06. The molecule has 0 bridgehead atoms. The van der Waals surface area contributed by atoms with Gasteiger partial charge >= 0.3 is 0 Å². The molecule has 1 aliphatic heterocycles. The number of nitrogens with one attached hydrogen (secondary N) is 1. The van der Waals surface area contributed by atoms with Gasteiger partial charge in [-0.25, -0.2) is 0 Å². The Kier molecular flexibility index (Phi) is 4.31. The summed E-state index contributed by atoms with van der Waals surface area (Å²) in [5.41, 5.74) is 2.34. The summed E-state index contributed by atoms with van der Waals surface area (Å²) in [4.78, 5) is 7.16. The fraction of sp³-hybridized carbons (Fsp3) is 0.615. The smallest absolute Gasteiger partial charge is 0.0547 e. The molecular formula is C13H21N3. The Morgan fingerprint density at radius 3 is 2.69 bits per heavy atom. The van der Waals surface area contributed by atoms with Crippen LogP contribution in [0.5, 0.6) is 0 Å². The summed E-state index contributed by atoms with van der Waals surface area (Å²) >= 11 is 0. The van der Waals surface area contributed by atoms with Crippen molar-refractivity contribution in [1.82, 2.24) is 15.2 Å². The largest absolute Gasteiger partial charge is 0.314 e. The van der Waals surface area contributed by atoms with Crippen molar-refractivity contribution in [3.05, 3.63) is 29.6 Å². The van der Waals surface area contributed by atoms with Crippen molar-refractivity contribution in [2.75, 3.05) is 20.1 Å². The van der Waals surface area contributed by atoms with E-state index in [1.165, 1.54) is 38.0 Å². The van der Waals surface area contributed by atoms with Gasteiger partial charge in [-0.3, -0.25) is 9.88 Å². The zero-order valence-electron chi connectivity index (χ0n) is 10.1. The number of piperidine rings is 1. The van der Waals surface area contributed by atoms with Crippen LogP contribution in [-0.4, -0.2) is 30.0 Å². The molecule has 2 heterocycles. The first-order chi connectivity index (χ1) is 7.88. The van der Waals surface area contributed by atoms with Gasteiger partial charge in [-0.1, -0.05) is 12.5 Å². The molecule has 0 atom stereocenters. The topological polar surface area (TPSA) is 28.2 Å². The fourth-order valence-electron chi connectivity index (χ4n) is 2.24. The molecule has 0 aliphatic carbocycles. The molecule has 1 N–H and O–H groups in total. The second-order valence-corrected chi connectivity index (χ2v) is 4.49. The maximum atomic E-state index is 4.65. The predicted octanol–water partition coefficient (Wildman–Crippen LogP) is 1.79. The SMILES string of the molecule is CNCc1cccc(CN2CCCCC2)n1. The summed E-state index contributed by atoms with van der Waals surface area (Å²) in [6, 6.07) is 6.32. The van der Waals surface area contributed by atoms with Gasteiger partial charge in [0, 0.05) is 13.1 Å². The van der Waals surface area contributed by atoms with Crippen LogP contribution in [0.3, 0.4) is 0 Å². The lowest BCUT2D eigenvalue weighted by atomic mass is 10.1. The van der Waals surface area contributed by atoms with E-state index in [0.29, 0.717) is 0 Å². The van der Waals surface area contributed by atoms with Crippen molar-refractivity contribution >= 4 is 0 Å². The summed E-state index contributed by atoms with van der Waals surface area (Å²) < 4.78 is 0. The van der Waals surface area contributed by atoms with Crippen LogP contribution in [0.15, 0.2) is 18.2 Å². The third kappa shape index (κ3) is 3.29. The summed E-state index contributed by atoms with van der Waals surface area (Å²) in [5.74, 6) is 0. The average Bonchev–Trinajstić information content (AvgIpc) is 2.31. The molecule has 0 unspecified atom stereocenters. The van der Waals surface area contributed by atoms with Crippen LogP contribution in [-0.2, 0) is 13.1 Å². The normalized spacial score (nSPS) is 17.6. The average molecular weight is 219 g/mol. The molecular weight excluding hydrogens is 198 g/mol. The molecule has 0 radical (unpaired) electrons. The molecule has 1 aromatic rings. The van der Waals surface area contributed by atoms with Crippen LogP contribution >= 0.6 is 0 Å². The highest BCUT2D eigenvalue weighted by molar-refractivity contribution is 5.11. The molecule has 1 saturated heterocycles. The van der Waals surface area contributed by atoms with Crippen LogP contribution in [0.4, 0.5) is 0 Å². The van der Waals surface area contributed by atoms with E-state index in [1.807, 2.05) is 7.05 Å². The first-order valence-corrected chi connectivity index (χ1v) is 6.20. The van der Waals surface area contributed by atoms with Gasteiger partial charge in [0.05, 0.1) is 11.4 Å². The lowest BCUT2D eigenvalue weighted by molar-refractivity contribution is 0.218. The Morgan fingerprint density at radius 1 is 1.19 bits per heavy atom. The van der Waals surface area contributed by atoms with E-state index in [2.05, 4.69) is 33.4 Å². The van der Waals surface area contributed by atoms with Gasteiger partial charge < -0.3 is 5.32 Å². The quantitative estimate of drug-likeness (QED) is 0.837. The van der Waals surface area contributed by atoms with Crippen LogP contribution in [0.2, 0.25) is 0 Å². The van der Waals surface area contributed by atoms with Crippen molar-refractivity contribution in [2.24, 2.45) is 0 Å². The molecule has 1 aromatic heterocycles. The molecule has 0 saturated carbocycles. The standard InChI is InChI=1S/C13H21N3/c1-14-10-12-6-5-7-13(15-12)11-16-8-3-2-4-9-16/h5-7,14H,2-4,8-11H2,1H3. The van der Waals surface area contributed by atoms with Crippen LogP contribution < -0.4 is 5.32 Å². The highest BCUT2D eigenvalue weighted by atomic mass is 15.1. The Labute approximate surface area is 97.9 Å². The van der Waals surface area contributed by atoms with Crippen molar-refractivity contribution in [3.8, 4) is 0 Å². The first-order valence-electron chi connectivity index (χ1n) is 6.20. The maximum Gasteiger partial charge on any atom is 0.0547 e. The molecule has 0 spiro atoms. The Bertz CT molecular complexity index is 319. The predicted molar refractivity (Wildman–Crippen MR) is 66.1 cm³/mol. The number of nitrogens with zero attached hydrogens (tertiary/aromatic N) is 2. The first kappa shape index (κ1) is 11.6. The highest BCUT2D eigenvalue weighted by Crippen LogP contribution is 2.12. The number of likely N-dealkylation sites (tertiary alicyclic amines) is 1. The van der Waals surface area contributed by atoms with E-state index in [9.17, 15) is 0 Å². The molecule has 3 heteroatoms. The van der Waals surface area contributed by atoms with E-state index in [-0.39, 0.29) is 0 Å². The highest BCUT2D eigenvalue weighted by Gasteiger charge is 2.10. The van der Waals surface area contributed by atoms with Gasteiger partial charge in [0.2, 0.25) is 0 Å². The summed E-state index contributed by atoms with van der Waals surface area (Å²) in [6.07, 6.45) is 4.08. The van der Waals surface area contributed by atoms with Gasteiger partial charge in [0.15, 0.2) is 0 Å². The van der Waals surface area contributed by atoms with Crippen molar-refractivity contribution < 1.29 is 0 Å². The number of rotatable bonds is 4. The molecule has 3 nitrogen and oxygen atoms in total. The van der Waals surface area contributed by atoms with E-state index in [0.717, 1.165) is 18.8 Å².